The van der Waals surface area contributed by atoms with E-state index in [9.17, 15) is 9.59 Å². The van der Waals surface area contributed by atoms with Crippen LogP contribution in [0.2, 0.25) is 0 Å². The number of carboxylic acids is 1. The van der Waals surface area contributed by atoms with Crippen LogP contribution in [0.4, 0.5) is 5.69 Å². The molecule has 6 nitrogen and oxygen atoms in total. The lowest BCUT2D eigenvalue weighted by molar-refractivity contribution is -0.139. The summed E-state index contributed by atoms with van der Waals surface area (Å²) in [4.78, 5) is 22.6. The summed E-state index contributed by atoms with van der Waals surface area (Å²) in [6.45, 7) is 0. The number of aromatic nitrogens is 2. The van der Waals surface area contributed by atoms with E-state index >= 15 is 0 Å². The summed E-state index contributed by atoms with van der Waals surface area (Å²) >= 11 is 0. The van der Waals surface area contributed by atoms with Crippen molar-refractivity contribution in [3.63, 3.8) is 0 Å². The number of carbonyl (C=O) groups is 2. The van der Waals surface area contributed by atoms with Crippen LogP contribution in [-0.4, -0.2) is 27.2 Å². The van der Waals surface area contributed by atoms with Crippen LogP contribution in [0.1, 0.15) is 6.42 Å². The Hall–Kier alpha value is -2.63. The molecular weight excluding hydrogens is 258 g/mol. The Bertz CT molecular complexity index is 651. The Kier molecular flexibility index (Phi) is 2.98. The van der Waals surface area contributed by atoms with Gasteiger partial charge in [0.1, 0.15) is 0 Å². The lowest BCUT2D eigenvalue weighted by Crippen LogP contribution is -2.16. The smallest absolute Gasteiger partial charge is 0.307 e. The maximum Gasteiger partial charge on any atom is 0.307 e. The second-order valence-electron chi connectivity index (χ2n) is 4.83. The number of hydrogen-bond acceptors (Lipinski definition) is 3. The van der Waals surface area contributed by atoms with Gasteiger partial charge in [0.05, 0.1) is 17.5 Å². The molecule has 2 aromatic rings. The summed E-state index contributed by atoms with van der Waals surface area (Å²) < 4.78 is 0. The van der Waals surface area contributed by atoms with Crippen molar-refractivity contribution in [2.45, 2.75) is 6.42 Å². The minimum Gasteiger partial charge on any atom is -0.481 e. The molecule has 1 aromatic carbocycles. The van der Waals surface area contributed by atoms with Gasteiger partial charge in [-0.05, 0) is 24.6 Å². The van der Waals surface area contributed by atoms with Gasteiger partial charge in [-0.15, -0.1) is 0 Å². The SMILES string of the molecule is O=C(O)[C@H]1C[C@H]1C(=O)Nc1cccc(-c2ccn[nH]2)c1. The van der Waals surface area contributed by atoms with Crippen LogP contribution in [0.25, 0.3) is 11.3 Å². The third kappa shape index (κ3) is 2.40. The number of hydrogen-bond donors (Lipinski definition) is 3. The van der Waals surface area contributed by atoms with E-state index in [0.717, 1.165) is 11.3 Å². The van der Waals surface area contributed by atoms with Crippen LogP contribution in [-0.2, 0) is 9.59 Å². The second-order valence-corrected chi connectivity index (χ2v) is 4.83. The molecule has 1 aliphatic carbocycles. The number of nitrogens with one attached hydrogen (secondary N) is 2. The fourth-order valence-corrected chi connectivity index (χ4v) is 2.17. The summed E-state index contributed by atoms with van der Waals surface area (Å²) in [5, 5.41) is 18.3. The van der Waals surface area contributed by atoms with Crippen molar-refractivity contribution in [3.8, 4) is 11.3 Å². The van der Waals surface area contributed by atoms with Gasteiger partial charge in [-0.3, -0.25) is 14.7 Å². The number of H-pyrrole nitrogens is 1. The lowest BCUT2D eigenvalue weighted by atomic mass is 10.1. The van der Waals surface area contributed by atoms with Gasteiger partial charge in [0.2, 0.25) is 5.91 Å². The maximum absolute atomic E-state index is 11.9. The number of aromatic amines is 1. The third-order valence-corrected chi connectivity index (χ3v) is 3.39. The zero-order chi connectivity index (χ0) is 14.1. The molecule has 3 N–H and O–H groups in total. The number of aliphatic carboxylic acids is 1. The van der Waals surface area contributed by atoms with E-state index in [0.29, 0.717) is 12.1 Å². The molecule has 0 radical (unpaired) electrons. The monoisotopic (exact) mass is 271 g/mol. The second kappa shape index (κ2) is 4.80. The highest BCUT2D eigenvalue weighted by Gasteiger charge is 2.48. The van der Waals surface area contributed by atoms with Crippen LogP contribution >= 0.6 is 0 Å². The first-order chi connectivity index (χ1) is 9.65. The van der Waals surface area contributed by atoms with Gasteiger partial charge in [-0.25, -0.2) is 0 Å². The molecule has 0 unspecified atom stereocenters. The molecular formula is C14H13N3O3. The van der Waals surface area contributed by atoms with E-state index < -0.39 is 17.8 Å². The molecule has 0 bridgehead atoms. The largest absolute Gasteiger partial charge is 0.481 e. The molecule has 1 amide bonds. The van der Waals surface area contributed by atoms with Gasteiger partial charge in [0.25, 0.3) is 0 Å². The first-order valence-electron chi connectivity index (χ1n) is 6.28. The molecule has 20 heavy (non-hydrogen) atoms. The molecule has 0 spiro atoms. The highest BCUT2D eigenvalue weighted by Crippen LogP contribution is 2.39. The maximum atomic E-state index is 11.9. The summed E-state index contributed by atoms with van der Waals surface area (Å²) in [5.74, 6) is -2.09. The minimum absolute atomic E-state index is 0.237. The van der Waals surface area contributed by atoms with Crippen molar-refractivity contribution in [1.29, 1.82) is 0 Å². The molecule has 1 aliphatic rings. The van der Waals surface area contributed by atoms with E-state index in [1.165, 1.54) is 0 Å². The van der Waals surface area contributed by atoms with Gasteiger partial charge >= 0.3 is 5.97 Å². The molecule has 0 aliphatic heterocycles. The van der Waals surface area contributed by atoms with E-state index in [1.807, 2.05) is 24.3 Å². The van der Waals surface area contributed by atoms with Crippen molar-refractivity contribution >= 4 is 17.6 Å². The fraction of sp³-hybridized carbons (Fsp3) is 0.214. The van der Waals surface area contributed by atoms with Gasteiger partial charge < -0.3 is 10.4 Å². The average molecular weight is 271 g/mol. The van der Waals surface area contributed by atoms with E-state index in [4.69, 9.17) is 5.11 Å². The molecule has 6 heteroatoms. The predicted octanol–water partition coefficient (Wildman–Crippen LogP) is 1.74. The quantitative estimate of drug-likeness (QED) is 0.789. The number of rotatable bonds is 4. The molecule has 3 rings (SSSR count). The summed E-state index contributed by atoms with van der Waals surface area (Å²) in [5.41, 5.74) is 2.42. The predicted molar refractivity (Wildman–Crippen MR) is 71.9 cm³/mol. The number of benzene rings is 1. The van der Waals surface area contributed by atoms with E-state index in [-0.39, 0.29) is 5.91 Å². The average Bonchev–Trinajstić information content (AvgIpc) is 3.06. The van der Waals surface area contributed by atoms with Gasteiger partial charge in [0, 0.05) is 17.4 Å². The Labute approximate surface area is 114 Å². The highest BCUT2D eigenvalue weighted by molar-refractivity contribution is 5.98. The zero-order valence-electron chi connectivity index (χ0n) is 10.5. The Balaban J connectivity index is 1.71. The van der Waals surface area contributed by atoms with Gasteiger partial charge in [-0.1, -0.05) is 12.1 Å². The van der Waals surface area contributed by atoms with Gasteiger partial charge in [-0.2, -0.15) is 5.10 Å². The molecule has 2 atom stereocenters. The number of carboxylic acid groups (broad SMARTS) is 1. The lowest BCUT2D eigenvalue weighted by Gasteiger charge is -2.06. The van der Waals surface area contributed by atoms with Crippen LogP contribution in [0.3, 0.4) is 0 Å². The molecule has 102 valence electrons. The van der Waals surface area contributed by atoms with Crippen molar-refractivity contribution in [3.05, 3.63) is 36.5 Å². The number of carbonyl (C=O) groups excluding carboxylic acids is 1. The molecule has 1 aromatic heterocycles. The molecule has 1 fully saturated rings. The van der Waals surface area contributed by atoms with Gasteiger partial charge in [0.15, 0.2) is 0 Å². The Morgan fingerprint density at radius 1 is 1.30 bits per heavy atom. The highest BCUT2D eigenvalue weighted by atomic mass is 16.4. The normalized spacial score (nSPS) is 20.4. The molecule has 1 heterocycles. The Morgan fingerprint density at radius 2 is 2.15 bits per heavy atom. The number of nitrogens with zero attached hydrogens (tertiary/aromatic N) is 1. The first-order valence-corrected chi connectivity index (χ1v) is 6.28. The molecule has 0 saturated heterocycles. The van der Waals surface area contributed by atoms with Crippen molar-refractivity contribution < 1.29 is 14.7 Å². The zero-order valence-corrected chi connectivity index (χ0v) is 10.5. The van der Waals surface area contributed by atoms with Crippen molar-refractivity contribution in [2.75, 3.05) is 5.32 Å². The molecule has 1 saturated carbocycles. The number of amides is 1. The third-order valence-electron chi connectivity index (χ3n) is 3.39. The van der Waals surface area contributed by atoms with Crippen LogP contribution < -0.4 is 5.32 Å². The number of anilines is 1. The topological polar surface area (TPSA) is 95.1 Å². The fourth-order valence-electron chi connectivity index (χ4n) is 2.17. The van der Waals surface area contributed by atoms with Crippen LogP contribution in [0.5, 0.6) is 0 Å². The van der Waals surface area contributed by atoms with E-state index in [1.54, 1.807) is 12.3 Å². The van der Waals surface area contributed by atoms with Crippen LogP contribution in [0.15, 0.2) is 36.5 Å². The van der Waals surface area contributed by atoms with Crippen LogP contribution in [0, 0.1) is 11.8 Å². The summed E-state index contributed by atoms with van der Waals surface area (Å²) in [6, 6.07) is 9.16. The standard InChI is InChI=1S/C14H13N3O3/c18-13(10-7-11(10)14(19)20)16-9-3-1-2-8(6-9)12-4-5-15-17-12/h1-6,10-11H,7H2,(H,15,17)(H,16,18)(H,19,20)/t10-,11+/m1/s1. The first kappa shape index (κ1) is 12.4. The minimum atomic E-state index is -0.906. The summed E-state index contributed by atoms with van der Waals surface area (Å²) in [6.07, 6.45) is 2.07. The summed E-state index contributed by atoms with van der Waals surface area (Å²) in [7, 11) is 0. The Morgan fingerprint density at radius 3 is 2.80 bits per heavy atom. The van der Waals surface area contributed by atoms with E-state index in [2.05, 4.69) is 15.5 Å². The van der Waals surface area contributed by atoms with Crippen molar-refractivity contribution in [1.82, 2.24) is 10.2 Å². The van der Waals surface area contributed by atoms with Crippen molar-refractivity contribution in [2.24, 2.45) is 11.8 Å².